The lowest BCUT2D eigenvalue weighted by Gasteiger charge is -2.14. The van der Waals surface area contributed by atoms with E-state index in [-0.39, 0.29) is 36.7 Å². The molecule has 0 saturated carbocycles. The highest BCUT2D eigenvalue weighted by molar-refractivity contribution is 7.89. The van der Waals surface area contributed by atoms with Gasteiger partial charge in [0.05, 0.1) is 18.8 Å². The van der Waals surface area contributed by atoms with Crippen LogP contribution >= 0.6 is 0 Å². The smallest absolute Gasteiger partial charge is 0.246 e. The van der Waals surface area contributed by atoms with E-state index in [9.17, 15) is 8.42 Å². The molecule has 1 fully saturated rings. The summed E-state index contributed by atoms with van der Waals surface area (Å²) in [4.78, 5) is 0.157. The van der Waals surface area contributed by atoms with Crippen molar-refractivity contribution < 1.29 is 22.3 Å². The molecule has 0 aromatic carbocycles. The van der Waals surface area contributed by atoms with Crippen LogP contribution in [0.2, 0.25) is 0 Å². The summed E-state index contributed by atoms with van der Waals surface area (Å²) in [5, 5.41) is 0. The molecule has 2 heterocycles. The quantitative estimate of drug-likeness (QED) is 0.828. The molecule has 2 atom stereocenters. The SMILES string of the molecule is COC1CN(S(=O)(=O)c2cc(CN)oc2C)CC1OC. The molecule has 0 radical (unpaired) electrons. The van der Waals surface area contributed by atoms with Gasteiger partial charge in [0.15, 0.2) is 0 Å². The fourth-order valence-corrected chi connectivity index (χ4v) is 4.03. The van der Waals surface area contributed by atoms with Crippen molar-refractivity contribution in [1.82, 2.24) is 4.31 Å². The lowest BCUT2D eigenvalue weighted by Crippen LogP contribution is -2.30. The van der Waals surface area contributed by atoms with Crippen LogP contribution in [0.25, 0.3) is 0 Å². The zero-order valence-corrected chi connectivity index (χ0v) is 12.6. The Kier molecular flexibility index (Phi) is 4.50. The van der Waals surface area contributed by atoms with E-state index in [4.69, 9.17) is 19.6 Å². The molecule has 0 spiro atoms. The molecule has 2 rings (SSSR count). The number of nitrogens with zero attached hydrogens (tertiary/aromatic N) is 1. The van der Waals surface area contributed by atoms with Gasteiger partial charge in [0.2, 0.25) is 10.0 Å². The third-order valence-corrected chi connectivity index (χ3v) is 5.47. The first-order valence-corrected chi connectivity index (χ1v) is 7.73. The molecule has 1 aliphatic rings. The van der Waals surface area contributed by atoms with Crippen molar-refractivity contribution in [3.8, 4) is 0 Å². The summed E-state index contributed by atoms with van der Waals surface area (Å²) in [5.41, 5.74) is 5.47. The van der Waals surface area contributed by atoms with Gasteiger partial charge in [0.25, 0.3) is 0 Å². The number of hydrogen-bond donors (Lipinski definition) is 1. The summed E-state index contributed by atoms with van der Waals surface area (Å²) in [6.07, 6.45) is -0.535. The van der Waals surface area contributed by atoms with Crippen LogP contribution in [0.1, 0.15) is 11.5 Å². The van der Waals surface area contributed by atoms with Crippen molar-refractivity contribution in [1.29, 1.82) is 0 Å². The van der Waals surface area contributed by atoms with Crippen molar-refractivity contribution in [3.05, 3.63) is 17.6 Å². The molecule has 0 amide bonds. The standard InChI is InChI=1S/C12H20N2O5S/c1-8-12(4-9(5-13)19-8)20(15,16)14-6-10(17-2)11(7-14)18-3/h4,10-11H,5-7,13H2,1-3H3. The first-order chi connectivity index (χ1) is 9.43. The minimum Gasteiger partial charge on any atom is -0.464 e. The number of hydrogen-bond acceptors (Lipinski definition) is 6. The Bertz CT molecular complexity index is 556. The van der Waals surface area contributed by atoms with Gasteiger partial charge >= 0.3 is 0 Å². The molecular weight excluding hydrogens is 284 g/mol. The molecule has 20 heavy (non-hydrogen) atoms. The summed E-state index contributed by atoms with van der Waals surface area (Å²) in [6.45, 7) is 2.31. The van der Waals surface area contributed by atoms with E-state index < -0.39 is 10.0 Å². The first kappa shape index (κ1) is 15.5. The van der Waals surface area contributed by atoms with E-state index >= 15 is 0 Å². The van der Waals surface area contributed by atoms with Crippen molar-refractivity contribution in [3.63, 3.8) is 0 Å². The predicted octanol–water partition coefficient (Wildman–Crippen LogP) is 0.0810. The number of nitrogens with two attached hydrogens (primary N) is 1. The fourth-order valence-electron chi connectivity index (χ4n) is 2.38. The van der Waals surface area contributed by atoms with Gasteiger partial charge < -0.3 is 19.6 Å². The lowest BCUT2D eigenvalue weighted by molar-refractivity contribution is -0.00461. The zero-order valence-electron chi connectivity index (χ0n) is 11.8. The Hall–Kier alpha value is -0.930. The third kappa shape index (κ3) is 2.61. The Balaban J connectivity index is 2.29. The number of ether oxygens (including phenoxy) is 2. The van der Waals surface area contributed by atoms with Gasteiger partial charge in [-0.1, -0.05) is 0 Å². The minimum atomic E-state index is -3.62. The van der Waals surface area contributed by atoms with Crippen LogP contribution < -0.4 is 5.73 Å². The van der Waals surface area contributed by atoms with Crippen LogP contribution in [0.15, 0.2) is 15.4 Å². The number of furan rings is 1. The maximum atomic E-state index is 12.6. The summed E-state index contributed by atoms with van der Waals surface area (Å²) in [6, 6.07) is 1.48. The van der Waals surface area contributed by atoms with E-state index in [1.807, 2.05) is 0 Å². The van der Waals surface area contributed by atoms with Crippen molar-refractivity contribution in [2.24, 2.45) is 5.73 Å². The molecular formula is C12H20N2O5S. The second kappa shape index (κ2) is 5.82. The van der Waals surface area contributed by atoms with Gasteiger partial charge in [0.1, 0.15) is 16.4 Å². The summed E-state index contributed by atoms with van der Waals surface area (Å²) < 4.78 is 42.4. The van der Waals surface area contributed by atoms with Crippen LogP contribution in [0.3, 0.4) is 0 Å². The number of aryl methyl sites for hydroxylation is 1. The molecule has 1 aromatic rings. The molecule has 7 nitrogen and oxygen atoms in total. The monoisotopic (exact) mass is 304 g/mol. The fraction of sp³-hybridized carbons (Fsp3) is 0.667. The van der Waals surface area contributed by atoms with Crippen LogP contribution in [0, 0.1) is 6.92 Å². The molecule has 0 bridgehead atoms. The second-order valence-electron chi connectivity index (χ2n) is 4.71. The van der Waals surface area contributed by atoms with E-state index in [0.29, 0.717) is 11.5 Å². The Morgan fingerprint density at radius 3 is 2.30 bits per heavy atom. The molecule has 2 unspecified atom stereocenters. The van der Waals surface area contributed by atoms with Gasteiger partial charge in [0, 0.05) is 33.4 Å². The van der Waals surface area contributed by atoms with E-state index in [2.05, 4.69) is 0 Å². The number of methoxy groups -OCH3 is 2. The average molecular weight is 304 g/mol. The van der Waals surface area contributed by atoms with Crippen LogP contribution in [-0.4, -0.2) is 52.2 Å². The second-order valence-corrected chi connectivity index (χ2v) is 6.61. The highest BCUT2D eigenvalue weighted by Crippen LogP contribution is 2.27. The topological polar surface area (TPSA) is 95.0 Å². The average Bonchev–Trinajstić information content (AvgIpc) is 3.01. The Morgan fingerprint density at radius 1 is 1.35 bits per heavy atom. The molecule has 114 valence electrons. The third-order valence-electron chi connectivity index (χ3n) is 3.53. The maximum Gasteiger partial charge on any atom is 0.246 e. The van der Waals surface area contributed by atoms with Crippen molar-refractivity contribution in [2.45, 2.75) is 30.6 Å². The predicted molar refractivity (Wildman–Crippen MR) is 71.7 cm³/mol. The Morgan fingerprint density at radius 2 is 1.90 bits per heavy atom. The summed E-state index contributed by atoms with van der Waals surface area (Å²) >= 11 is 0. The number of rotatable bonds is 5. The van der Waals surface area contributed by atoms with Crippen LogP contribution in [0.5, 0.6) is 0 Å². The van der Waals surface area contributed by atoms with Crippen molar-refractivity contribution in [2.75, 3.05) is 27.3 Å². The van der Waals surface area contributed by atoms with Gasteiger partial charge in [-0.25, -0.2) is 8.42 Å². The molecule has 8 heteroatoms. The summed E-state index contributed by atoms with van der Waals surface area (Å²) in [7, 11) is -0.532. The summed E-state index contributed by atoms with van der Waals surface area (Å²) in [5.74, 6) is 0.798. The largest absolute Gasteiger partial charge is 0.464 e. The zero-order chi connectivity index (χ0) is 14.9. The molecule has 2 N–H and O–H groups in total. The van der Waals surface area contributed by atoms with Crippen LogP contribution in [-0.2, 0) is 26.0 Å². The normalized spacial score (nSPS) is 24.4. The van der Waals surface area contributed by atoms with Crippen LogP contribution in [0.4, 0.5) is 0 Å². The van der Waals surface area contributed by atoms with E-state index in [1.54, 1.807) is 21.1 Å². The molecule has 0 aliphatic carbocycles. The Labute approximate surface area is 118 Å². The van der Waals surface area contributed by atoms with Gasteiger partial charge in [-0.2, -0.15) is 4.31 Å². The minimum absolute atomic E-state index is 0.157. The van der Waals surface area contributed by atoms with Gasteiger partial charge in [-0.05, 0) is 6.92 Å². The molecule has 1 aliphatic heterocycles. The number of sulfonamides is 1. The van der Waals surface area contributed by atoms with Gasteiger partial charge in [-0.3, -0.25) is 0 Å². The van der Waals surface area contributed by atoms with Gasteiger partial charge in [-0.15, -0.1) is 0 Å². The first-order valence-electron chi connectivity index (χ1n) is 6.29. The van der Waals surface area contributed by atoms with E-state index in [1.165, 1.54) is 10.4 Å². The highest BCUT2D eigenvalue weighted by atomic mass is 32.2. The lowest BCUT2D eigenvalue weighted by atomic mass is 10.3. The van der Waals surface area contributed by atoms with E-state index in [0.717, 1.165) is 0 Å². The molecule has 1 saturated heterocycles. The highest BCUT2D eigenvalue weighted by Gasteiger charge is 2.41. The molecule has 1 aromatic heterocycles. The van der Waals surface area contributed by atoms with Crippen molar-refractivity contribution >= 4 is 10.0 Å². The maximum absolute atomic E-state index is 12.6.